The monoisotopic (exact) mass is 322 g/mol. The van der Waals surface area contributed by atoms with Crippen molar-refractivity contribution in [2.24, 2.45) is 5.92 Å². The van der Waals surface area contributed by atoms with Crippen molar-refractivity contribution in [3.63, 3.8) is 0 Å². The highest BCUT2D eigenvalue weighted by molar-refractivity contribution is 7.98. The van der Waals surface area contributed by atoms with Crippen molar-refractivity contribution in [2.75, 3.05) is 19.3 Å². The normalized spacial score (nSPS) is 17.1. The van der Waals surface area contributed by atoms with Crippen LogP contribution < -0.4 is 5.32 Å². The minimum atomic E-state index is -0.762. The molecule has 2 N–H and O–H groups in total. The van der Waals surface area contributed by atoms with E-state index < -0.39 is 5.97 Å². The van der Waals surface area contributed by atoms with Gasteiger partial charge in [0.05, 0.1) is 12.0 Å². The van der Waals surface area contributed by atoms with Crippen LogP contribution in [0.25, 0.3) is 0 Å². The fourth-order valence-corrected chi connectivity index (χ4v) is 3.40. The number of hydrogen-bond acceptors (Lipinski definition) is 3. The van der Waals surface area contributed by atoms with Crippen LogP contribution in [0.15, 0.2) is 29.2 Å². The number of hydrogen-bond donors (Lipinski definition) is 2. The van der Waals surface area contributed by atoms with Crippen LogP contribution in [0.2, 0.25) is 0 Å². The lowest BCUT2D eigenvalue weighted by atomic mass is 9.97. The predicted molar refractivity (Wildman–Crippen MR) is 87.1 cm³/mol. The number of carboxylic acid groups (broad SMARTS) is 1. The second kappa shape index (κ2) is 7.54. The number of aliphatic carboxylic acids is 1. The summed E-state index contributed by atoms with van der Waals surface area (Å²) in [5, 5.41) is 12.0. The highest BCUT2D eigenvalue weighted by atomic mass is 32.2. The molecule has 2 rings (SSSR count). The van der Waals surface area contributed by atoms with Gasteiger partial charge in [-0.1, -0.05) is 18.2 Å². The third-order valence-electron chi connectivity index (χ3n) is 4.08. The van der Waals surface area contributed by atoms with E-state index in [0.717, 1.165) is 10.5 Å². The molecule has 1 aliphatic rings. The maximum absolute atomic E-state index is 12.3. The van der Waals surface area contributed by atoms with E-state index in [9.17, 15) is 9.59 Å². The zero-order valence-electron chi connectivity index (χ0n) is 12.9. The van der Waals surface area contributed by atoms with E-state index >= 15 is 0 Å². The number of rotatable bonds is 4. The van der Waals surface area contributed by atoms with Crippen LogP contribution in [-0.4, -0.2) is 41.4 Å². The topological polar surface area (TPSA) is 69.6 Å². The van der Waals surface area contributed by atoms with Crippen LogP contribution in [0.5, 0.6) is 0 Å². The van der Waals surface area contributed by atoms with E-state index in [2.05, 4.69) is 5.32 Å². The Morgan fingerprint density at radius 3 is 2.55 bits per heavy atom. The summed E-state index contributed by atoms with van der Waals surface area (Å²) < 4.78 is 0. The molecule has 1 aliphatic heterocycles. The lowest BCUT2D eigenvalue weighted by Crippen LogP contribution is -2.46. The van der Waals surface area contributed by atoms with E-state index in [4.69, 9.17) is 5.11 Å². The van der Waals surface area contributed by atoms with Crippen molar-refractivity contribution in [1.82, 2.24) is 10.2 Å². The molecule has 1 fully saturated rings. The number of urea groups is 1. The van der Waals surface area contributed by atoms with Gasteiger partial charge in [-0.2, -0.15) is 0 Å². The first-order valence-corrected chi connectivity index (χ1v) is 8.66. The van der Waals surface area contributed by atoms with E-state index in [1.807, 2.05) is 37.4 Å². The smallest absolute Gasteiger partial charge is 0.317 e. The highest BCUT2D eigenvalue weighted by Gasteiger charge is 2.27. The van der Waals surface area contributed by atoms with Gasteiger partial charge in [-0.25, -0.2) is 4.79 Å². The van der Waals surface area contributed by atoms with Crippen molar-refractivity contribution >= 4 is 23.8 Å². The van der Waals surface area contributed by atoms with Gasteiger partial charge in [0.15, 0.2) is 0 Å². The second-order valence-corrected chi connectivity index (χ2v) is 6.36. The van der Waals surface area contributed by atoms with Crippen molar-refractivity contribution in [3.05, 3.63) is 29.8 Å². The van der Waals surface area contributed by atoms with Gasteiger partial charge < -0.3 is 15.3 Å². The summed E-state index contributed by atoms with van der Waals surface area (Å²) in [6, 6.07) is 7.83. The Bertz CT molecular complexity index is 542. The number of amides is 2. The molecule has 1 atom stereocenters. The van der Waals surface area contributed by atoms with Gasteiger partial charge in [0.2, 0.25) is 0 Å². The van der Waals surface area contributed by atoms with E-state index in [1.165, 1.54) is 0 Å². The van der Waals surface area contributed by atoms with Gasteiger partial charge in [0.25, 0.3) is 0 Å². The molecule has 0 aromatic heterocycles. The first-order chi connectivity index (χ1) is 10.5. The molecule has 0 saturated carbocycles. The zero-order valence-corrected chi connectivity index (χ0v) is 13.7. The molecule has 1 heterocycles. The lowest BCUT2D eigenvalue weighted by Gasteiger charge is -2.31. The molecule has 0 bridgehead atoms. The van der Waals surface area contributed by atoms with Crippen molar-refractivity contribution in [1.29, 1.82) is 0 Å². The molecule has 2 amide bonds. The number of nitrogens with zero attached hydrogens (tertiary/aromatic N) is 1. The Balaban J connectivity index is 1.93. The van der Waals surface area contributed by atoms with E-state index in [-0.39, 0.29) is 18.0 Å². The van der Waals surface area contributed by atoms with Crippen LogP contribution in [0, 0.1) is 5.92 Å². The molecule has 0 spiro atoms. The molecule has 1 aromatic carbocycles. The zero-order chi connectivity index (χ0) is 16.1. The number of carbonyl (C=O) groups is 2. The summed E-state index contributed by atoms with van der Waals surface area (Å²) in [6.07, 6.45) is 3.07. The minimum absolute atomic E-state index is 0.0756. The van der Waals surface area contributed by atoms with Crippen molar-refractivity contribution < 1.29 is 14.7 Å². The summed E-state index contributed by atoms with van der Waals surface area (Å²) >= 11 is 1.66. The Morgan fingerprint density at radius 1 is 1.32 bits per heavy atom. The number of nitrogens with one attached hydrogen (secondary N) is 1. The Labute approximate surface area is 135 Å². The van der Waals surface area contributed by atoms with Crippen molar-refractivity contribution in [3.8, 4) is 0 Å². The molecule has 22 heavy (non-hydrogen) atoms. The Kier molecular flexibility index (Phi) is 5.71. The molecule has 0 aliphatic carbocycles. The van der Waals surface area contributed by atoms with Gasteiger partial charge in [-0.3, -0.25) is 4.79 Å². The fourth-order valence-electron chi connectivity index (χ4n) is 2.71. The first kappa shape index (κ1) is 16.7. The fraction of sp³-hybridized carbons (Fsp3) is 0.500. The molecular weight excluding hydrogens is 300 g/mol. The average Bonchev–Trinajstić information content (AvgIpc) is 2.54. The third-order valence-corrected chi connectivity index (χ3v) is 4.89. The molecule has 0 unspecified atom stereocenters. The van der Waals surface area contributed by atoms with E-state index in [0.29, 0.717) is 25.9 Å². The Hall–Kier alpha value is -1.69. The molecule has 1 aromatic rings. The molecule has 1 saturated heterocycles. The summed E-state index contributed by atoms with van der Waals surface area (Å²) in [5.41, 5.74) is 1.10. The lowest BCUT2D eigenvalue weighted by molar-refractivity contribution is -0.143. The number of carbonyl (C=O) groups excluding carboxylic acids is 1. The average molecular weight is 322 g/mol. The third kappa shape index (κ3) is 3.94. The van der Waals surface area contributed by atoms with Crippen molar-refractivity contribution in [2.45, 2.75) is 30.7 Å². The summed E-state index contributed by atoms with van der Waals surface area (Å²) in [4.78, 5) is 26.1. The number of benzene rings is 1. The van der Waals surface area contributed by atoms with Gasteiger partial charge in [-0.05, 0) is 37.7 Å². The predicted octanol–water partition coefficient (Wildman–Crippen LogP) is 2.98. The van der Waals surface area contributed by atoms with Crippen LogP contribution >= 0.6 is 11.8 Å². The highest BCUT2D eigenvalue weighted by Crippen LogP contribution is 2.26. The summed E-state index contributed by atoms with van der Waals surface area (Å²) in [6.45, 7) is 2.97. The van der Waals surface area contributed by atoms with Gasteiger partial charge in [-0.15, -0.1) is 11.8 Å². The maximum Gasteiger partial charge on any atom is 0.317 e. The molecule has 0 radical (unpaired) electrons. The summed E-state index contributed by atoms with van der Waals surface area (Å²) in [7, 11) is 0. The standard InChI is InChI=1S/C16H22N2O3S/c1-11(13-5-3-4-6-14(13)22-2)17-16(21)18-9-7-12(8-10-18)15(19)20/h3-6,11-12H,7-10H2,1-2H3,(H,17,21)(H,19,20)/t11-/m1/s1. The van der Waals surface area contributed by atoms with Gasteiger partial charge >= 0.3 is 12.0 Å². The SMILES string of the molecule is CSc1ccccc1[C@@H](C)NC(=O)N1CCC(C(=O)O)CC1. The molecule has 6 heteroatoms. The quantitative estimate of drug-likeness (QED) is 0.836. The Morgan fingerprint density at radius 2 is 1.95 bits per heavy atom. The first-order valence-electron chi connectivity index (χ1n) is 7.44. The van der Waals surface area contributed by atoms with Crippen LogP contribution in [0.3, 0.4) is 0 Å². The second-order valence-electron chi connectivity index (χ2n) is 5.51. The number of thioether (sulfide) groups is 1. The van der Waals surface area contributed by atoms with Crippen LogP contribution in [-0.2, 0) is 4.79 Å². The molecular formula is C16H22N2O3S. The van der Waals surface area contributed by atoms with Gasteiger partial charge in [0, 0.05) is 18.0 Å². The van der Waals surface area contributed by atoms with Crippen LogP contribution in [0.1, 0.15) is 31.4 Å². The summed E-state index contributed by atoms with van der Waals surface area (Å²) in [5.74, 6) is -1.08. The minimum Gasteiger partial charge on any atom is -0.481 e. The largest absolute Gasteiger partial charge is 0.481 e. The van der Waals surface area contributed by atoms with Crippen LogP contribution in [0.4, 0.5) is 4.79 Å². The number of piperidine rings is 1. The van der Waals surface area contributed by atoms with Gasteiger partial charge in [0.1, 0.15) is 0 Å². The number of likely N-dealkylation sites (tertiary alicyclic amines) is 1. The number of carboxylic acids is 1. The van der Waals surface area contributed by atoms with E-state index in [1.54, 1.807) is 16.7 Å². The molecule has 120 valence electrons. The molecule has 5 nitrogen and oxygen atoms in total. The maximum atomic E-state index is 12.3.